The van der Waals surface area contributed by atoms with Gasteiger partial charge >= 0.3 is 0 Å². The van der Waals surface area contributed by atoms with Crippen LogP contribution < -0.4 is 9.44 Å². The molecule has 1 atom stereocenters. The van der Waals surface area contributed by atoms with Gasteiger partial charge in [0, 0.05) is 11.6 Å². The highest BCUT2D eigenvalue weighted by Gasteiger charge is 2.37. The Bertz CT molecular complexity index is 1290. The number of hydrogen-bond acceptors (Lipinski definition) is 4. The summed E-state index contributed by atoms with van der Waals surface area (Å²) < 4.78 is 52.0. The zero-order chi connectivity index (χ0) is 20.8. The first-order valence-electron chi connectivity index (χ1n) is 9.04. The van der Waals surface area contributed by atoms with Gasteiger partial charge in [-0.15, -0.1) is 0 Å². The molecule has 1 aliphatic rings. The zero-order valence-electron chi connectivity index (χ0n) is 15.7. The van der Waals surface area contributed by atoms with Crippen LogP contribution in [0.15, 0.2) is 82.6 Å². The molecule has 0 spiro atoms. The molecule has 0 amide bonds. The Hall–Kier alpha value is -2.68. The lowest BCUT2D eigenvalue weighted by Gasteiger charge is -2.26. The Kier molecular flexibility index (Phi) is 4.72. The molecule has 6 nitrogen and oxygen atoms in total. The normalized spacial score (nSPS) is 16.6. The smallest absolute Gasteiger partial charge is 0.263 e. The van der Waals surface area contributed by atoms with Gasteiger partial charge in [0.05, 0.1) is 15.5 Å². The van der Waals surface area contributed by atoms with Gasteiger partial charge in [0.15, 0.2) is 0 Å². The lowest BCUT2D eigenvalue weighted by Crippen LogP contribution is -2.36. The van der Waals surface area contributed by atoms with E-state index in [0.717, 1.165) is 5.56 Å². The van der Waals surface area contributed by atoms with Crippen LogP contribution in [0, 0.1) is 0 Å². The number of nitrogens with two attached hydrogens (primary N) is 1. The summed E-state index contributed by atoms with van der Waals surface area (Å²) in [6, 6.07) is 20.2. The molecule has 0 fully saturated rings. The predicted octanol–water partition coefficient (Wildman–Crippen LogP) is 3.14. The van der Waals surface area contributed by atoms with E-state index >= 15 is 0 Å². The molecule has 3 aromatic rings. The third-order valence-electron chi connectivity index (χ3n) is 5.04. The standard InChI is InChI=1S/C21H20N2O4S2/c1-15-13-17-14-18(28(22,24)25)11-12-20(17)23(15)29(26,27)21-10-6-5-9-19(21)16-7-3-2-4-8-16/h2-12,14-15H,13H2,1H3,(H2,22,24,25). The van der Waals surface area contributed by atoms with Gasteiger partial charge in [-0.3, -0.25) is 4.31 Å². The zero-order valence-corrected chi connectivity index (χ0v) is 17.3. The molecule has 0 radical (unpaired) electrons. The summed E-state index contributed by atoms with van der Waals surface area (Å²) in [4.78, 5) is 0.189. The van der Waals surface area contributed by atoms with Crippen molar-refractivity contribution < 1.29 is 16.8 Å². The van der Waals surface area contributed by atoms with E-state index in [1.165, 1.54) is 22.5 Å². The Morgan fingerprint density at radius 1 is 0.897 bits per heavy atom. The van der Waals surface area contributed by atoms with Crippen molar-refractivity contribution in [3.63, 3.8) is 0 Å². The van der Waals surface area contributed by atoms with Gasteiger partial charge < -0.3 is 0 Å². The lowest BCUT2D eigenvalue weighted by atomic mass is 10.1. The molecule has 1 aliphatic heterocycles. The average Bonchev–Trinajstić information content (AvgIpc) is 3.03. The molecule has 0 saturated carbocycles. The minimum absolute atomic E-state index is 0.0209. The number of benzene rings is 3. The molecular formula is C21H20N2O4S2. The van der Waals surface area contributed by atoms with Crippen LogP contribution >= 0.6 is 0 Å². The number of anilines is 1. The maximum absolute atomic E-state index is 13.7. The van der Waals surface area contributed by atoms with Crippen molar-refractivity contribution in [1.82, 2.24) is 0 Å². The van der Waals surface area contributed by atoms with Crippen LogP contribution in [0.25, 0.3) is 11.1 Å². The number of hydrogen-bond donors (Lipinski definition) is 1. The molecule has 1 unspecified atom stereocenters. The monoisotopic (exact) mass is 428 g/mol. The molecular weight excluding hydrogens is 408 g/mol. The molecule has 4 rings (SSSR count). The topological polar surface area (TPSA) is 97.5 Å². The van der Waals surface area contributed by atoms with Crippen molar-refractivity contribution in [2.24, 2.45) is 5.14 Å². The summed E-state index contributed by atoms with van der Waals surface area (Å²) in [5.41, 5.74) is 2.55. The van der Waals surface area contributed by atoms with Crippen LogP contribution in [0.1, 0.15) is 12.5 Å². The quantitative estimate of drug-likeness (QED) is 0.690. The van der Waals surface area contributed by atoms with Crippen molar-refractivity contribution in [2.45, 2.75) is 29.2 Å². The summed E-state index contributed by atoms with van der Waals surface area (Å²) in [7, 11) is -7.73. The second kappa shape index (κ2) is 6.98. The number of primary sulfonamides is 1. The highest BCUT2D eigenvalue weighted by molar-refractivity contribution is 7.93. The number of sulfonamides is 2. The Balaban J connectivity index is 1.85. The fourth-order valence-electron chi connectivity index (χ4n) is 3.78. The summed E-state index contributed by atoms with van der Waals surface area (Å²) in [5.74, 6) is 0. The fourth-order valence-corrected chi connectivity index (χ4v) is 6.25. The number of nitrogens with zero attached hydrogens (tertiary/aromatic N) is 1. The van der Waals surface area contributed by atoms with Gasteiger partial charge in [0.25, 0.3) is 10.0 Å². The van der Waals surface area contributed by atoms with Gasteiger partial charge in [-0.25, -0.2) is 22.0 Å². The molecule has 0 aromatic heterocycles. The molecule has 150 valence electrons. The van der Waals surface area contributed by atoms with Crippen LogP contribution in [-0.2, 0) is 26.5 Å². The van der Waals surface area contributed by atoms with Crippen LogP contribution in [-0.4, -0.2) is 22.9 Å². The van der Waals surface area contributed by atoms with Crippen LogP contribution in [0.5, 0.6) is 0 Å². The Morgan fingerprint density at radius 3 is 2.24 bits per heavy atom. The highest BCUT2D eigenvalue weighted by Crippen LogP contribution is 2.39. The van der Waals surface area contributed by atoms with E-state index in [4.69, 9.17) is 5.14 Å². The van der Waals surface area contributed by atoms with E-state index in [0.29, 0.717) is 23.2 Å². The minimum atomic E-state index is -3.88. The second-order valence-corrected chi connectivity index (χ2v) is 10.4. The third kappa shape index (κ3) is 3.43. The second-order valence-electron chi connectivity index (χ2n) is 7.05. The van der Waals surface area contributed by atoms with Gasteiger partial charge in [-0.2, -0.15) is 0 Å². The molecule has 29 heavy (non-hydrogen) atoms. The van der Waals surface area contributed by atoms with Crippen LogP contribution in [0.3, 0.4) is 0 Å². The first-order chi connectivity index (χ1) is 13.7. The summed E-state index contributed by atoms with van der Waals surface area (Å²) in [6.45, 7) is 1.80. The molecule has 0 saturated heterocycles. The van der Waals surface area contributed by atoms with Gasteiger partial charge in [0.1, 0.15) is 0 Å². The van der Waals surface area contributed by atoms with E-state index in [9.17, 15) is 16.8 Å². The first kappa shape index (κ1) is 19.6. The van der Waals surface area contributed by atoms with Crippen molar-refractivity contribution in [2.75, 3.05) is 4.31 Å². The van der Waals surface area contributed by atoms with Crippen molar-refractivity contribution >= 4 is 25.7 Å². The van der Waals surface area contributed by atoms with E-state index in [1.807, 2.05) is 30.3 Å². The van der Waals surface area contributed by atoms with E-state index in [1.54, 1.807) is 31.2 Å². The number of fused-ring (bicyclic) bond motifs is 1. The maximum Gasteiger partial charge on any atom is 0.265 e. The largest absolute Gasteiger partial charge is 0.265 e. The average molecular weight is 429 g/mol. The summed E-state index contributed by atoms with van der Waals surface area (Å²) >= 11 is 0. The van der Waals surface area contributed by atoms with E-state index in [-0.39, 0.29) is 15.8 Å². The van der Waals surface area contributed by atoms with Crippen LogP contribution in [0.2, 0.25) is 0 Å². The molecule has 0 aliphatic carbocycles. The third-order valence-corrected chi connectivity index (χ3v) is 7.94. The van der Waals surface area contributed by atoms with Gasteiger partial charge in [-0.1, -0.05) is 48.5 Å². The summed E-state index contributed by atoms with van der Waals surface area (Å²) in [5, 5.41) is 5.22. The first-order valence-corrected chi connectivity index (χ1v) is 12.0. The molecule has 3 aromatic carbocycles. The predicted molar refractivity (Wildman–Crippen MR) is 113 cm³/mol. The SMILES string of the molecule is CC1Cc2cc(S(N)(=O)=O)ccc2N1S(=O)(=O)c1ccccc1-c1ccccc1. The number of rotatable bonds is 4. The highest BCUT2D eigenvalue weighted by atomic mass is 32.2. The Morgan fingerprint density at radius 2 is 1.55 bits per heavy atom. The van der Waals surface area contributed by atoms with Gasteiger partial charge in [-0.05, 0) is 48.7 Å². The molecule has 0 bridgehead atoms. The summed E-state index contributed by atoms with van der Waals surface area (Å²) in [6.07, 6.45) is 0.408. The van der Waals surface area contributed by atoms with E-state index < -0.39 is 20.0 Å². The lowest BCUT2D eigenvalue weighted by molar-refractivity contribution is 0.584. The van der Waals surface area contributed by atoms with Crippen molar-refractivity contribution in [1.29, 1.82) is 0 Å². The Labute approximate surface area is 170 Å². The van der Waals surface area contributed by atoms with Crippen LogP contribution in [0.4, 0.5) is 5.69 Å². The fraction of sp³-hybridized carbons (Fsp3) is 0.143. The van der Waals surface area contributed by atoms with Gasteiger partial charge in [0.2, 0.25) is 10.0 Å². The minimum Gasteiger partial charge on any atom is -0.263 e. The molecule has 1 heterocycles. The van der Waals surface area contributed by atoms with Crippen molar-refractivity contribution in [3.05, 3.63) is 78.4 Å². The molecule has 8 heteroatoms. The van der Waals surface area contributed by atoms with E-state index in [2.05, 4.69) is 0 Å². The molecule has 2 N–H and O–H groups in total. The van der Waals surface area contributed by atoms with Crippen molar-refractivity contribution in [3.8, 4) is 11.1 Å². The maximum atomic E-state index is 13.7.